The van der Waals surface area contributed by atoms with Crippen LogP contribution in [0.5, 0.6) is 0 Å². The maximum absolute atomic E-state index is 13.2. The van der Waals surface area contributed by atoms with E-state index in [1.807, 2.05) is 11.5 Å². The van der Waals surface area contributed by atoms with Crippen LogP contribution < -0.4 is 0 Å². The molecular weight excluding hydrogens is 401 g/mol. The van der Waals surface area contributed by atoms with Crippen LogP contribution in [0.2, 0.25) is 0 Å². The van der Waals surface area contributed by atoms with E-state index in [0.717, 1.165) is 37.3 Å². The Hall–Kier alpha value is -2.16. The van der Waals surface area contributed by atoms with E-state index < -0.39 is 17.2 Å². The van der Waals surface area contributed by atoms with Crippen LogP contribution in [-0.4, -0.2) is 38.7 Å². The molecule has 9 heteroatoms. The molecule has 1 aromatic carbocycles. The van der Waals surface area contributed by atoms with Crippen molar-refractivity contribution in [1.82, 2.24) is 19.7 Å². The van der Waals surface area contributed by atoms with Crippen LogP contribution in [-0.2, 0) is 22.9 Å². The van der Waals surface area contributed by atoms with E-state index in [1.54, 1.807) is 24.8 Å². The fourth-order valence-corrected chi connectivity index (χ4v) is 4.16. The summed E-state index contributed by atoms with van der Waals surface area (Å²) < 4.78 is 41.8. The highest BCUT2D eigenvalue weighted by Crippen LogP contribution is 2.35. The highest BCUT2D eigenvalue weighted by molar-refractivity contribution is 7.71. The number of likely N-dealkylation sites (tertiary alicyclic amines) is 1. The van der Waals surface area contributed by atoms with Crippen molar-refractivity contribution >= 4 is 18.1 Å². The Balaban J connectivity index is 1.74. The smallest absolute Gasteiger partial charge is 0.342 e. The summed E-state index contributed by atoms with van der Waals surface area (Å²) >= 11 is 5.25. The molecule has 1 saturated heterocycles. The predicted octanol–water partition coefficient (Wildman–Crippen LogP) is 4.66. The van der Waals surface area contributed by atoms with Crippen LogP contribution in [0.3, 0.4) is 0 Å². The summed E-state index contributed by atoms with van der Waals surface area (Å²) in [5.74, 6) is 0.940. The fraction of sp³-hybridized carbons (Fsp3) is 0.550. The lowest BCUT2D eigenvalue weighted by molar-refractivity contribution is -0.139. The first kappa shape index (κ1) is 21.5. The Morgan fingerprint density at radius 2 is 1.86 bits per heavy atom. The number of carbonyl (C=O) groups is 1. The number of benzene rings is 1. The third kappa shape index (κ3) is 4.24. The van der Waals surface area contributed by atoms with E-state index in [4.69, 9.17) is 12.2 Å². The lowest BCUT2D eigenvalue weighted by Crippen LogP contribution is -2.47. The summed E-state index contributed by atoms with van der Waals surface area (Å²) in [5.41, 5.74) is -1.42. The summed E-state index contributed by atoms with van der Waals surface area (Å²) in [4.78, 5) is 14.9. The van der Waals surface area contributed by atoms with Crippen molar-refractivity contribution in [2.75, 3.05) is 13.1 Å². The molecular formula is C20H25F3N4OS. The molecule has 1 N–H and O–H groups in total. The molecule has 0 saturated carbocycles. The van der Waals surface area contributed by atoms with Crippen molar-refractivity contribution in [2.24, 2.45) is 0 Å². The van der Waals surface area contributed by atoms with Gasteiger partial charge in [-0.25, -0.2) is 0 Å². The lowest BCUT2D eigenvalue weighted by atomic mass is 9.81. The molecule has 1 fully saturated rings. The molecule has 0 unspecified atom stereocenters. The van der Waals surface area contributed by atoms with Crippen molar-refractivity contribution in [3.05, 3.63) is 46.0 Å². The average Bonchev–Trinajstić information content (AvgIpc) is 3.07. The number of H-pyrrole nitrogens is 1. The Labute approximate surface area is 172 Å². The molecule has 0 spiro atoms. The number of nitrogens with zero attached hydrogens (tertiary/aromatic N) is 3. The third-order valence-corrected chi connectivity index (χ3v) is 6.01. The third-order valence-electron chi connectivity index (χ3n) is 5.70. The Morgan fingerprint density at radius 1 is 1.24 bits per heavy atom. The fourth-order valence-electron chi connectivity index (χ4n) is 3.89. The number of hydrogen-bond acceptors (Lipinski definition) is 3. The van der Waals surface area contributed by atoms with Gasteiger partial charge in [-0.05, 0) is 57.5 Å². The van der Waals surface area contributed by atoms with Gasteiger partial charge in [-0.3, -0.25) is 9.89 Å². The average molecular weight is 427 g/mol. The van der Waals surface area contributed by atoms with Crippen molar-refractivity contribution in [3.63, 3.8) is 0 Å². The van der Waals surface area contributed by atoms with Crippen LogP contribution in [0, 0.1) is 4.77 Å². The number of nitrogens with one attached hydrogen (secondary N) is 1. The van der Waals surface area contributed by atoms with Crippen LogP contribution >= 0.6 is 12.2 Å². The number of rotatable bonds is 4. The first-order chi connectivity index (χ1) is 13.6. The molecule has 0 aliphatic carbocycles. The van der Waals surface area contributed by atoms with Crippen LogP contribution in [0.1, 0.15) is 56.5 Å². The van der Waals surface area contributed by atoms with E-state index in [0.29, 0.717) is 23.4 Å². The molecule has 0 radical (unpaired) electrons. The first-order valence-electron chi connectivity index (χ1n) is 9.68. The summed E-state index contributed by atoms with van der Waals surface area (Å²) in [6, 6.07) is 5.03. The van der Waals surface area contributed by atoms with E-state index in [2.05, 4.69) is 10.2 Å². The molecule has 1 aliphatic rings. The zero-order valence-corrected chi connectivity index (χ0v) is 17.5. The SMILES string of the molecule is CCn1c(C2CCN(C(=O)C(C)(C)c3cccc(C(F)(F)F)c3)CC2)n[nH]c1=S. The molecule has 2 heterocycles. The number of aromatic amines is 1. The van der Waals surface area contributed by atoms with Gasteiger partial charge in [0, 0.05) is 25.6 Å². The minimum atomic E-state index is -4.44. The van der Waals surface area contributed by atoms with E-state index >= 15 is 0 Å². The van der Waals surface area contributed by atoms with Crippen molar-refractivity contribution in [1.29, 1.82) is 0 Å². The van der Waals surface area contributed by atoms with Crippen LogP contribution in [0.4, 0.5) is 13.2 Å². The van der Waals surface area contributed by atoms with E-state index in [-0.39, 0.29) is 11.8 Å². The molecule has 1 amide bonds. The minimum Gasteiger partial charge on any atom is -0.342 e. The van der Waals surface area contributed by atoms with Gasteiger partial charge in [0.15, 0.2) is 4.77 Å². The zero-order chi connectivity index (χ0) is 21.4. The van der Waals surface area contributed by atoms with Crippen LogP contribution in [0.25, 0.3) is 0 Å². The second-order valence-electron chi connectivity index (χ2n) is 7.90. The molecule has 0 bridgehead atoms. The number of piperidine rings is 1. The van der Waals surface area contributed by atoms with Gasteiger partial charge < -0.3 is 9.47 Å². The van der Waals surface area contributed by atoms with E-state index in [9.17, 15) is 18.0 Å². The second kappa shape index (κ2) is 7.93. The zero-order valence-electron chi connectivity index (χ0n) is 16.7. The summed E-state index contributed by atoms with van der Waals surface area (Å²) in [6.45, 7) is 7.17. The largest absolute Gasteiger partial charge is 0.416 e. The Bertz CT molecular complexity index is 940. The summed E-state index contributed by atoms with van der Waals surface area (Å²) in [7, 11) is 0. The predicted molar refractivity (Wildman–Crippen MR) is 106 cm³/mol. The first-order valence-corrected chi connectivity index (χ1v) is 10.1. The molecule has 29 heavy (non-hydrogen) atoms. The number of alkyl halides is 3. The number of hydrogen-bond donors (Lipinski definition) is 1. The number of halogens is 3. The molecule has 3 rings (SSSR count). The summed E-state index contributed by atoms with van der Waals surface area (Å²) in [6.07, 6.45) is -2.96. The quantitative estimate of drug-likeness (QED) is 0.724. The van der Waals surface area contributed by atoms with Crippen molar-refractivity contribution < 1.29 is 18.0 Å². The maximum atomic E-state index is 13.2. The van der Waals surface area contributed by atoms with Gasteiger partial charge in [-0.1, -0.05) is 18.2 Å². The molecule has 1 aliphatic heterocycles. The summed E-state index contributed by atoms with van der Waals surface area (Å²) in [5, 5.41) is 7.17. The van der Waals surface area contributed by atoms with Gasteiger partial charge in [0.2, 0.25) is 5.91 Å². The van der Waals surface area contributed by atoms with Gasteiger partial charge in [0.05, 0.1) is 11.0 Å². The van der Waals surface area contributed by atoms with E-state index in [1.165, 1.54) is 6.07 Å². The molecule has 1 aromatic heterocycles. The molecule has 158 valence electrons. The monoisotopic (exact) mass is 426 g/mol. The maximum Gasteiger partial charge on any atom is 0.416 e. The topological polar surface area (TPSA) is 53.9 Å². The van der Waals surface area contributed by atoms with Crippen molar-refractivity contribution in [3.8, 4) is 0 Å². The molecule has 0 atom stereocenters. The second-order valence-corrected chi connectivity index (χ2v) is 8.29. The van der Waals surface area contributed by atoms with Gasteiger partial charge in [-0.2, -0.15) is 18.3 Å². The number of aromatic nitrogens is 3. The minimum absolute atomic E-state index is 0.162. The van der Waals surface area contributed by atoms with Gasteiger partial charge in [0.1, 0.15) is 5.82 Å². The normalized spacial score (nSPS) is 16.3. The number of carbonyl (C=O) groups excluding carboxylic acids is 1. The Kier molecular flexibility index (Phi) is 5.89. The molecule has 2 aromatic rings. The highest BCUT2D eigenvalue weighted by atomic mass is 32.1. The molecule has 5 nitrogen and oxygen atoms in total. The van der Waals surface area contributed by atoms with Gasteiger partial charge in [-0.15, -0.1) is 0 Å². The highest BCUT2D eigenvalue weighted by Gasteiger charge is 2.38. The standard InChI is InChI=1S/C20H25F3N4OS/c1-4-27-16(24-25-18(27)29)13-8-10-26(11-9-13)17(28)19(2,3)14-6-5-7-15(12-14)20(21,22)23/h5-7,12-13H,4,8-11H2,1-3H3,(H,25,29). The van der Waals surface area contributed by atoms with Gasteiger partial charge in [0.25, 0.3) is 0 Å². The Morgan fingerprint density at radius 3 is 2.45 bits per heavy atom. The number of amides is 1. The lowest BCUT2D eigenvalue weighted by Gasteiger charge is -2.37. The van der Waals surface area contributed by atoms with Crippen molar-refractivity contribution in [2.45, 2.75) is 57.7 Å². The van der Waals surface area contributed by atoms with Gasteiger partial charge >= 0.3 is 6.18 Å². The van der Waals surface area contributed by atoms with Crippen LogP contribution in [0.15, 0.2) is 24.3 Å².